The number of carbonyl (C=O) groups excluding carboxylic acids is 2. The molecule has 1 saturated heterocycles. The van der Waals surface area contributed by atoms with Gasteiger partial charge in [0.25, 0.3) is 11.5 Å². The summed E-state index contributed by atoms with van der Waals surface area (Å²) in [6.45, 7) is 1.07. The molecule has 196 valence electrons. The third kappa shape index (κ3) is 5.00. The summed E-state index contributed by atoms with van der Waals surface area (Å²) in [6, 6.07) is 13.0. The number of thioether (sulfide) groups is 1. The van der Waals surface area contributed by atoms with Crippen molar-refractivity contribution in [2.24, 2.45) is 0 Å². The van der Waals surface area contributed by atoms with E-state index in [1.165, 1.54) is 11.8 Å². The van der Waals surface area contributed by atoms with Gasteiger partial charge in [0.15, 0.2) is 10.9 Å². The Morgan fingerprint density at radius 2 is 1.92 bits per heavy atom. The van der Waals surface area contributed by atoms with Gasteiger partial charge in [0.2, 0.25) is 0 Å². The van der Waals surface area contributed by atoms with E-state index < -0.39 is 0 Å². The molecule has 2 aliphatic rings. The van der Waals surface area contributed by atoms with Crippen molar-refractivity contribution >= 4 is 45.3 Å². The van der Waals surface area contributed by atoms with E-state index in [0.717, 1.165) is 49.4 Å². The lowest BCUT2D eigenvalue weighted by atomic mass is 10.1. The van der Waals surface area contributed by atoms with Crippen LogP contribution in [0.5, 0.6) is 0 Å². The zero-order valence-electron chi connectivity index (χ0n) is 21.1. The Labute approximate surface area is 224 Å². The molecule has 2 N–H and O–H groups in total. The molecule has 2 aromatic carbocycles. The third-order valence-corrected chi connectivity index (χ3v) is 8.48. The van der Waals surface area contributed by atoms with Gasteiger partial charge in [-0.25, -0.2) is 4.98 Å². The van der Waals surface area contributed by atoms with Gasteiger partial charge >= 0.3 is 0 Å². The summed E-state index contributed by atoms with van der Waals surface area (Å²) in [4.78, 5) is 47.6. The fourth-order valence-electron chi connectivity index (χ4n) is 5.45. The summed E-state index contributed by atoms with van der Waals surface area (Å²) in [5, 5.41) is 4.88. The zero-order chi connectivity index (χ0) is 26.1. The van der Waals surface area contributed by atoms with Gasteiger partial charge in [0.1, 0.15) is 0 Å². The van der Waals surface area contributed by atoms with Crippen molar-refractivity contribution in [1.29, 1.82) is 0 Å². The average Bonchev–Trinajstić information content (AvgIpc) is 3.71. The van der Waals surface area contributed by atoms with Crippen LogP contribution >= 0.6 is 11.8 Å². The maximum atomic E-state index is 13.6. The van der Waals surface area contributed by atoms with Crippen LogP contribution in [0.2, 0.25) is 0 Å². The Bertz CT molecular complexity index is 1560. The van der Waals surface area contributed by atoms with Crippen LogP contribution in [0, 0.1) is 0 Å². The quantitative estimate of drug-likeness (QED) is 0.194. The summed E-state index contributed by atoms with van der Waals surface area (Å²) in [5.41, 5.74) is 2.28. The van der Waals surface area contributed by atoms with Gasteiger partial charge in [-0.3, -0.25) is 19.0 Å². The van der Waals surface area contributed by atoms with Crippen molar-refractivity contribution in [2.75, 3.05) is 12.4 Å². The summed E-state index contributed by atoms with van der Waals surface area (Å²) in [5.74, 6) is -0.0595. The van der Waals surface area contributed by atoms with Crippen LogP contribution in [-0.2, 0) is 11.3 Å². The van der Waals surface area contributed by atoms with Crippen molar-refractivity contribution in [3.8, 4) is 0 Å². The normalized spacial score (nSPS) is 17.9. The molecule has 2 fully saturated rings. The van der Waals surface area contributed by atoms with E-state index in [1.54, 1.807) is 29.0 Å². The van der Waals surface area contributed by atoms with Crippen molar-refractivity contribution in [1.82, 2.24) is 19.9 Å². The van der Waals surface area contributed by atoms with Crippen molar-refractivity contribution in [2.45, 2.75) is 62.4 Å². The number of hydrogen-bond acceptors (Lipinski definition) is 6. The first-order chi connectivity index (χ1) is 18.6. The number of ketones is 1. The fourth-order valence-corrected chi connectivity index (χ4v) is 6.35. The van der Waals surface area contributed by atoms with E-state index in [0.29, 0.717) is 40.3 Å². The number of H-pyrrole nitrogens is 1. The molecule has 0 spiro atoms. The summed E-state index contributed by atoms with van der Waals surface area (Å²) < 4.78 is 7.43. The number of hydrogen-bond donors (Lipinski definition) is 2. The van der Waals surface area contributed by atoms with Crippen LogP contribution in [0.4, 0.5) is 0 Å². The first-order valence-electron chi connectivity index (χ1n) is 13.3. The minimum Gasteiger partial charge on any atom is -0.376 e. The Balaban J connectivity index is 1.31. The van der Waals surface area contributed by atoms with Gasteiger partial charge in [-0.2, -0.15) is 0 Å². The number of para-hydroxylation sites is 1. The molecule has 1 amide bonds. The topological polar surface area (TPSA) is 106 Å². The van der Waals surface area contributed by atoms with Crippen molar-refractivity contribution < 1.29 is 14.3 Å². The van der Waals surface area contributed by atoms with E-state index in [9.17, 15) is 14.4 Å². The van der Waals surface area contributed by atoms with E-state index >= 15 is 0 Å². The number of nitrogens with one attached hydrogen (secondary N) is 2. The number of aromatic amines is 1. The number of rotatable bonds is 8. The number of nitrogens with zero attached hydrogens (tertiary/aromatic N) is 2. The maximum Gasteiger partial charge on any atom is 0.262 e. The molecule has 38 heavy (non-hydrogen) atoms. The molecule has 1 saturated carbocycles. The lowest BCUT2D eigenvalue weighted by Gasteiger charge is -2.17. The van der Waals surface area contributed by atoms with Crippen LogP contribution in [0.15, 0.2) is 58.6 Å². The third-order valence-electron chi connectivity index (χ3n) is 7.51. The molecule has 8 nitrogen and oxygen atoms in total. The zero-order valence-corrected chi connectivity index (χ0v) is 21.9. The average molecular weight is 531 g/mol. The second-order valence-electron chi connectivity index (χ2n) is 10.1. The monoisotopic (exact) mass is 530 g/mol. The number of Topliss-reactive ketones (excluding diaryl/α,β-unsaturated/α-hetero) is 1. The van der Waals surface area contributed by atoms with Crippen LogP contribution in [-0.4, -0.2) is 50.7 Å². The molecular formula is C29H30N4O4S. The smallest absolute Gasteiger partial charge is 0.262 e. The SMILES string of the molecule is O=C(NC1CCCC1)c1ccc2c(=O)n(C[C@@H]3CCCO3)c(SCC(=O)c3c[nH]c4ccccc34)nc2c1. The number of amides is 1. The highest BCUT2D eigenvalue weighted by Crippen LogP contribution is 2.25. The van der Waals surface area contributed by atoms with E-state index in [-0.39, 0.29) is 35.1 Å². The maximum absolute atomic E-state index is 13.6. The minimum absolute atomic E-state index is 0.0462. The van der Waals surface area contributed by atoms with Crippen LogP contribution in [0.25, 0.3) is 21.8 Å². The Morgan fingerprint density at radius 3 is 2.74 bits per heavy atom. The van der Waals surface area contributed by atoms with Gasteiger partial charge in [-0.15, -0.1) is 0 Å². The number of carbonyl (C=O) groups is 2. The minimum atomic E-state index is -0.185. The van der Waals surface area contributed by atoms with Gasteiger partial charge in [0, 0.05) is 40.9 Å². The molecule has 0 unspecified atom stereocenters. The van der Waals surface area contributed by atoms with Gasteiger partial charge in [-0.05, 0) is 49.9 Å². The van der Waals surface area contributed by atoms with E-state index in [1.807, 2.05) is 24.3 Å². The lowest BCUT2D eigenvalue weighted by molar-refractivity contribution is 0.0935. The first-order valence-corrected chi connectivity index (χ1v) is 14.2. The van der Waals surface area contributed by atoms with Gasteiger partial charge in [-0.1, -0.05) is 42.8 Å². The molecule has 0 bridgehead atoms. The molecule has 2 aromatic heterocycles. The summed E-state index contributed by atoms with van der Waals surface area (Å²) in [6.07, 6.45) is 7.76. The second kappa shape index (κ2) is 10.7. The fraction of sp³-hybridized carbons (Fsp3) is 0.379. The van der Waals surface area contributed by atoms with E-state index in [2.05, 4.69) is 10.3 Å². The molecular weight excluding hydrogens is 500 g/mol. The lowest BCUT2D eigenvalue weighted by Crippen LogP contribution is -2.32. The number of ether oxygens (including phenoxy) is 1. The second-order valence-corrected chi connectivity index (χ2v) is 11.0. The van der Waals surface area contributed by atoms with Crippen LogP contribution in [0.1, 0.15) is 59.2 Å². The Kier molecular flexibility index (Phi) is 7.04. The molecule has 4 aromatic rings. The standard InChI is InChI=1S/C29H30N4O4S/c34-26(23-15-30-24-10-4-3-9-21(23)24)17-38-29-32-25-14-18(27(35)31-19-6-1-2-7-19)11-12-22(25)28(36)33(29)16-20-8-5-13-37-20/h3-4,9-12,14-15,19-20,30H,1-2,5-8,13,16-17H2,(H,31,35)/t20-/m0/s1. The number of aromatic nitrogens is 3. The molecule has 3 heterocycles. The number of fused-ring (bicyclic) bond motifs is 2. The van der Waals surface area contributed by atoms with Crippen molar-refractivity contribution in [3.05, 3.63) is 70.1 Å². The molecule has 0 radical (unpaired) electrons. The highest BCUT2D eigenvalue weighted by Gasteiger charge is 2.23. The molecule has 6 rings (SSSR count). The predicted octanol–water partition coefficient (Wildman–Crippen LogP) is 4.70. The molecule has 1 aliphatic carbocycles. The van der Waals surface area contributed by atoms with Gasteiger partial charge in [0.05, 0.1) is 29.3 Å². The molecule has 1 aliphatic heterocycles. The Morgan fingerprint density at radius 1 is 1.08 bits per heavy atom. The van der Waals surface area contributed by atoms with E-state index in [4.69, 9.17) is 9.72 Å². The Hall–Kier alpha value is -3.43. The van der Waals surface area contributed by atoms with Crippen molar-refractivity contribution in [3.63, 3.8) is 0 Å². The highest BCUT2D eigenvalue weighted by molar-refractivity contribution is 7.99. The molecule has 1 atom stereocenters. The number of benzene rings is 2. The molecule has 9 heteroatoms. The first kappa shape index (κ1) is 24.9. The van der Waals surface area contributed by atoms with Gasteiger partial charge < -0.3 is 15.0 Å². The highest BCUT2D eigenvalue weighted by atomic mass is 32.2. The van der Waals surface area contributed by atoms with Crippen LogP contribution in [0.3, 0.4) is 0 Å². The predicted molar refractivity (Wildman–Crippen MR) is 148 cm³/mol. The largest absolute Gasteiger partial charge is 0.376 e. The van der Waals surface area contributed by atoms with Crippen LogP contribution < -0.4 is 10.9 Å². The summed E-state index contributed by atoms with van der Waals surface area (Å²) in [7, 11) is 0. The summed E-state index contributed by atoms with van der Waals surface area (Å²) >= 11 is 1.25.